The summed E-state index contributed by atoms with van der Waals surface area (Å²) in [5.41, 5.74) is 8.97. The molecule has 0 aliphatic carbocycles. The number of pyridine rings is 1. The zero-order valence-corrected chi connectivity index (χ0v) is 17.8. The topological polar surface area (TPSA) is 86.8 Å². The molecular weight excluding hydrogens is 394 g/mol. The molecule has 1 amide bonds. The monoisotopic (exact) mass is 419 g/mol. The Balaban J connectivity index is 1.81. The summed E-state index contributed by atoms with van der Waals surface area (Å²) in [5.74, 6) is 1.14. The molecular formula is C24H25N3O4. The number of carbonyl (C=O) groups excluding carboxylic acids is 1. The molecule has 0 saturated carbocycles. The molecule has 1 atom stereocenters. The minimum Gasteiger partial charge on any atom is -0.497 e. The third kappa shape index (κ3) is 3.63. The third-order valence-corrected chi connectivity index (χ3v) is 5.85. The third-order valence-electron chi connectivity index (χ3n) is 5.85. The number of hydrogen-bond acceptors (Lipinski definition) is 5. The number of nitrogens with zero attached hydrogens (tertiary/aromatic N) is 2. The quantitative estimate of drug-likeness (QED) is 0.687. The number of aromatic nitrogens is 1. The number of nitrogen functional groups attached to an aromatic ring is 1. The second-order valence-corrected chi connectivity index (χ2v) is 7.58. The summed E-state index contributed by atoms with van der Waals surface area (Å²) in [6.45, 7) is 0.773. The van der Waals surface area contributed by atoms with Gasteiger partial charge in [-0.1, -0.05) is 30.3 Å². The Kier molecular flexibility index (Phi) is 5.42. The number of nitrogens with two attached hydrogens (primary N) is 1. The molecule has 0 spiro atoms. The van der Waals surface area contributed by atoms with E-state index in [1.165, 1.54) is 10.6 Å². The summed E-state index contributed by atoms with van der Waals surface area (Å²) < 4.78 is 12.1. The van der Waals surface area contributed by atoms with E-state index in [-0.39, 0.29) is 23.2 Å². The first-order valence-electron chi connectivity index (χ1n) is 9.99. The van der Waals surface area contributed by atoms with Gasteiger partial charge in [-0.05, 0) is 23.3 Å². The van der Waals surface area contributed by atoms with Crippen molar-refractivity contribution in [2.24, 2.45) is 7.05 Å². The highest BCUT2D eigenvalue weighted by atomic mass is 16.5. The first-order valence-corrected chi connectivity index (χ1v) is 9.99. The van der Waals surface area contributed by atoms with E-state index in [0.717, 1.165) is 11.1 Å². The average molecular weight is 419 g/mol. The number of amides is 1. The second kappa shape index (κ2) is 8.18. The Morgan fingerprint density at radius 2 is 1.77 bits per heavy atom. The number of carbonyl (C=O) groups is 1. The van der Waals surface area contributed by atoms with Crippen molar-refractivity contribution >= 4 is 11.7 Å². The van der Waals surface area contributed by atoms with Crippen LogP contribution in [0.3, 0.4) is 0 Å². The Hall–Kier alpha value is -3.74. The highest BCUT2D eigenvalue weighted by Gasteiger charge is 2.35. The second-order valence-electron chi connectivity index (χ2n) is 7.58. The van der Waals surface area contributed by atoms with Crippen molar-refractivity contribution in [3.8, 4) is 11.5 Å². The molecule has 0 bridgehead atoms. The van der Waals surface area contributed by atoms with Crippen molar-refractivity contribution in [1.29, 1.82) is 0 Å². The lowest BCUT2D eigenvalue weighted by atomic mass is 9.84. The molecule has 4 rings (SSSR count). The van der Waals surface area contributed by atoms with Gasteiger partial charge in [0.05, 0.1) is 19.8 Å². The molecule has 7 heteroatoms. The maximum absolute atomic E-state index is 13.5. The van der Waals surface area contributed by atoms with Gasteiger partial charge in [-0.3, -0.25) is 14.2 Å². The molecule has 1 aliphatic heterocycles. The van der Waals surface area contributed by atoms with E-state index in [2.05, 4.69) is 0 Å². The molecule has 1 unspecified atom stereocenters. The fraction of sp³-hybridized carbons (Fsp3) is 0.250. The first kappa shape index (κ1) is 20.5. The number of fused-ring (bicyclic) bond motifs is 1. The lowest BCUT2D eigenvalue weighted by Crippen LogP contribution is -2.42. The standard InChI is InChI=1S/C24H25N3O4/c1-26-21(28)12-18-19(15-7-5-4-6-8-15)14-27(24(29)22(18)23(26)25)13-16-9-10-17(30-2)11-20(16)31-3/h4-12,19H,13-14,25H2,1-3H3. The molecule has 1 aliphatic rings. The van der Waals surface area contributed by atoms with Gasteiger partial charge in [-0.2, -0.15) is 0 Å². The molecule has 160 valence electrons. The molecule has 1 aromatic heterocycles. The van der Waals surface area contributed by atoms with Crippen LogP contribution in [-0.2, 0) is 13.6 Å². The summed E-state index contributed by atoms with van der Waals surface area (Å²) in [6.07, 6.45) is 0. The summed E-state index contributed by atoms with van der Waals surface area (Å²) in [6, 6.07) is 16.9. The van der Waals surface area contributed by atoms with Crippen LogP contribution >= 0.6 is 0 Å². The van der Waals surface area contributed by atoms with Crippen molar-refractivity contribution in [3.63, 3.8) is 0 Å². The fourth-order valence-electron chi connectivity index (χ4n) is 4.10. The smallest absolute Gasteiger partial charge is 0.258 e. The summed E-state index contributed by atoms with van der Waals surface area (Å²) in [5, 5.41) is 0. The number of ether oxygens (including phenoxy) is 2. The highest BCUT2D eigenvalue weighted by molar-refractivity contribution is 6.01. The van der Waals surface area contributed by atoms with Gasteiger partial charge in [0.2, 0.25) is 0 Å². The number of hydrogen-bond donors (Lipinski definition) is 1. The molecule has 7 nitrogen and oxygen atoms in total. The Labute approximate surface area is 180 Å². The van der Waals surface area contributed by atoms with E-state index < -0.39 is 0 Å². The Bertz CT molecular complexity index is 1190. The minimum atomic E-state index is -0.227. The van der Waals surface area contributed by atoms with E-state index in [1.54, 1.807) is 32.2 Å². The highest BCUT2D eigenvalue weighted by Crippen LogP contribution is 2.36. The molecule has 3 aromatic rings. The SMILES string of the molecule is COc1ccc(CN2CC(c3ccccc3)c3cc(=O)n(C)c(N)c3C2=O)c(OC)c1. The van der Waals surface area contributed by atoms with Crippen LogP contribution in [0.2, 0.25) is 0 Å². The van der Waals surface area contributed by atoms with Crippen molar-refractivity contribution in [3.05, 3.63) is 87.2 Å². The van der Waals surface area contributed by atoms with E-state index in [4.69, 9.17) is 15.2 Å². The van der Waals surface area contributed by atoms with Crippen LogP contribution in [-0.4, -0.2) is 36.1 Å². The van der Waals surface area contributed by atoms with Crippen LogP contribution in [0.4, 0.5) is 5.82 Å². The molecule has 2 aromatic carbocycles. The van der Waals surface area contributed by atoms with Crippen LogP contribution in [0.25, 0.3) is 0 Å². The van der Waals surface area contributed by atoms with Gasteiger partial charge in [-0.25, -0.2) is 0 Å². The summed E-state index contributed by atoms with van der Waals surface area (Å²) >= 11 is 0. The molecule has 2 heterocycles. The van der Waals surface area contributed by atoms with Crippen LogP contribution in [0.5, 0.6) is 11.5 Å². The summed E-state index contributed by atoms with van der Waals surface area (Å²) in [7, 11) is 4.76. The molecule has 31 heavy (non-hydrogen) atoms. The number of methoxy groups -OCH3 is 2. The predicted molar refractivity (Wildman–Crippen MR) is 119 cm³/mol. The van der Waals surface area contributed by atoms with Gasteiger partial charge >= 0.3 is 0 Å². The first-order chi connectivity index (χ1) is 14.9. The van der Waals surface area contributed by atoms with E-state index in [1.807, 2.05) is 42.5 Å². The molecule has 0 fully saturated rings. The zero-order chi connectivity index (χ0) is 22.1. The Morgan fingerprint density at radius 3 is 2.45 bits per heavy atom. The van der Waals surface area contributed by atoms with Crippen LogP contribution in [0, 0.1) is 0 Å². The van der Waals surface area contributed by atoms with E-state index in [0.29, 0.717) is 35.7 Å². The van der Waals surface area contributed by atoms with Crippen LogP contribution in [0.15, 0.2) is 59.4 Å². The van der Waals surface area contributed by atoms with Crippen molar-refractivity contribution in [1.82, 2.24) is 9.47 Å². The van der Waals surface area contributed by atoms with Crippen molar-refractivity contribution in [2.75, 3.05) is 26.5 Å². The van der Waals surface area contributed by atoms with Gasteiger partial charge in [0.15, 0.2) is 0 Å². The molecule has 0 saturated heterocycles. The van der Waals surface area contributed by atoms with Gasteiger partial charge in [0.25, 0.3) is 11.5 Å². The fourth-order valence-corrected chi connectivity index (χ4v) is 4.10. The molecule has 2 N–H and O–H groups in total. The predicted octanol–water partition coefficient (Wildman–Crippen LogP) is 2.77. The summed E-state index contributed by atoms with van der Waals surface area (Å²) in [4.78, 5) is 27.7. The van der Waals surface area contributed by atoms with Crippen molar-refractivity contribution < 1.29 is 14.3 Å². The minimum absolute atomic E-state index is 0.158. The lowest BCUT2D eigenvalue weighted by Gasteiger charge is -2.35. The van der Waals surface area contributed by atoms with Gasteiger partial charge in [0.1, 0.15) is 17.3 Å². The number of rotatable bonds is 5. The lowest BCUT2D eigenvalue weighted by molar-refractivity contribution is 0.0715. The average Bonchev–Trinajstić information content (AvgIpc) is 2.79. The largest absolute Gasteiger partial charge is 0.497 e. The van der Waals surface area contributed by atoms with E-state index >= 15 is 0 Å². The zero-order valence-electron chi connectivity index (χ0n) is 17.8. The van der Waals surface area contributed by atoms with Crippen LogP contribution in [0.1, 0.15) is 33.0 Å². The number of anilines is 1. The normalized spacial score (nSPS) is 15.5. The van der Waals surface area contributed by atoms with Gasteiger partial charge in [-0.15, -0.1) is 0 Å². The van der Waals surface area contributed by atoms with Crippen LogP contribution < -0.4 is 20.8 Å². The van der Waals surface area contributed by atoms with E-state index in [9.17, 15) is 9.59 Å². The molecule has 0 radical (unpaired) electrons. The number of benzene rings is 2. The van der Waals surface area contributed by atoms with Gasteiger partial charge < -0.3 is 20.1 Å². The van der Waals surface area contributed by atoms with Gasteiger partial charge in [0, 0.05) is 43.8 Å². The maximum Gasteiger partial charge on any atom is 0.258 e. The maximum atomic E-state index is 13.5. The van der Waals surface area contributed by atoms with Crippen molar-refractivity contribution in [2.45, 2.75) is 12.5 Å². The Morgan fingerprint density at radius 1 is 1.03 bits per heavy atom.